The zero-order valence-electron chi connectivity index (χ0n) is 22.4. The highest BCUT2D eigenvalue weighted by Gasteiger charge is 2.25. The van der Waals surface area contributed by atoms with Crippen molar-refractivity contribution in [2.24, 2.45) is 0 Å². The van der Waals surface area contributed by atoms with Crippen molar-refractivity contribution in [1.82, 2.24) is 14.1 Å². The number of methoxy groups -OCH3 is 1. The van der Waals surface area contributed by atoms with Crippen molar-refractivity contribution in [3.8, 4) is 11.5 Å². The Morgan fingerprint density at radius 3 is 2.19 bits per heavy atom. The lowest BCUT2D eigenvalue weighted by atomic mass is 10.1. The van der Waals surface area contributed by atoms with Gasteiger partial charge < -0.3 is 24.0 Å². The molecule has 2 aromatic rings. The molecule has 0 spiro atoms. The zero-order chi connectivity index (χ0) is 26.9. The van der Waals surface area contributed by atoms with Gasteiger partial charge >= 0.3 is 0 Å². The Morgan fingerprint density at radius 2 is 1.58 bits per heavy atom. The predicted octanol–water partition coefficient (Wildman–Crippen LogP) is 2.55. The van der Waals surface area contributed by atoms with Crippen LogP contribution in [0.1, 0.15) is 16.7 Å². The molecule has 0 atom stereocenters. The molecule has 2 rings (SSSR count). The first-order valence-corrected chi connectivity index (χ1v) is 13.2. The lowest BCUT2D eigenvalue weighted by Crippen LogP contribution is -2.33. The van der Waals surface area contributed by atoms with Gasteiger partial charge in [0.1, 0.15) is 24.7 Å². The number of carbonyl (C=O) groups is 1. The summed E-state index contributed by atoms with van der Waals surface area (Å²) in [5, 5.41) is 0. The summed E-state index contributed by atoms with van der Waals surface area (Å²) in [5.74, 6) is 1.18. The van der Waals surface area contributed by atoms with E-state index in [2.05, 4.69) is 0 Å². The fourth-order valence-corrected chi connectivity index (χ4v) is 5.17. The minimum absolute atomic E-state index is 0.0960. The second kappa shape index (κ2) is 13.6. The summed E-state index contributed by atoms with van der Waals surface area (Å²) in [6.45, 7) is 5.38. The van der Waals surface area contributed by atoms with Crippen LogP contribution in [0, 0.1) is 13.8 Å². The molecule has 2 aromatic carbocycles. The molecular formula is C26H39N3O6S. The number of hydrogen-bond acceptors (Lipinski definition) is 7. The molecule has 0 saturated heterocycles. The summed E-state index contributed by atoms with van der Waals surface area (Å²) in [6, 6.07) is 11.0. The third-order valence-electron chi connectivity index (χ3n) is 5.67. The molecule has 0 heterocycles. The van der Waals surface area contributed by atoms with Crippen LogP contribution in [0.3, 0.4) is 0 Å². The number of likely N-dealkylation sites (N-methyl/N-ethyl adjacent to an activating group) is 3. The van der Waals surface area contributed by atoms with Gasteiger partial charge in [-0.25, -0.2) is 8.42 Å². The highest BCUT2D eigenvalue weighted by Crippen LogP contribution is 2.27. The smallest absolute Gasteiger partial charge is 0.248 e. The van der Waals surface area contributed by atoms with Gasteiger partial charge in [0.05, 0.1) is 18.6 Å². The average molecular weight is 522 g/mol. The molecular weight excluding hydrogens is 482 g/mol. The van der Waals surface area contributed by atoms with Crippen molar-refractivity contribution in [3.05, 3.63) is 53.1 Å². The molecule has 0 bridgehead atoms. The molecule has 200 valence electrons. The van der Waals surface area contributed by atoms with Crippen LogP contribution in [0.4, 0.5) is 0 Å². The second-order valence-corrected chi connectivity index (χ2v) is 11.0. The first-order chi connectivity index (χ1) is 16.9. The van der Waals surface area contributed by atoms with Gasteiger partial charge in [0.2, 0.25) is 15.9 Å². The normalized spacial score (nSPS) is 11.7. The lowest BCUT2D eigenvalue weighted by Gasteiger charge is -2.21. The van der Waals surface area contributed by atoms with E-state index in [0.717, 1.165) is 17.9 Å². The van der Waals surface area contributed by atoms with Gasteiger partial charge in [0.25, 0.3) is 0 Å². The number of aryl methyl sites for hydroxylation is 2. The number of nitrogens with zero attached hydrogens (tertiary/aromatic N) is 3. The van der Waals surface area contributed by atoms with Crippen molar-refractivity contribution in [1.29, 1.82) is 0 Å². The summed E-state index contributed by atoms with van der Waals surface area (Å²) in [5.41, 5.74) is 2.18. The Morgan fingerprint density at radius 1 is 0.917 bits per heavy atom. The number of carbonyl (C=O) groups excluding carboxylic acids is 1. The molecule has 0 N–H and O–H groups in total. The van der Waals surface area contributed by atoms with E-state index in [-0.39, 0.29) is 30.6 Å². The number of benzene rings is 2. The van der Waals surface area contributed by atoms with E-state index in [0.29, 0.717) is 30.0 Å². The maximum atomic E-state index is 13.1. The van der Waals surface area contributed by atoms with Crippen LogP contribution < -0.4 is 9.47 Å². The van der Waals surface area contributed by atoms with E-state index in [9.17, 15) is 13.2 Å². The number of sulfonamides is 1. The van der Waals surface area contributed by atoms with E-state index in [1.165, 1.54) is 11.4 Å². The summed E-state index contributed by atoms with van der Waals surface area (Å²) in [6.07, 6.45) is 0. The second-order valence-electron chi connectivity index (χ2n) is 9.02. The standard InChI is InChI=1S/C26H39N3O6S/c1-20-15-24(33-7)16-21(2)26(20)36(31,32)29(6)12-13-34-19-25(30)28(5)18-22-9-8-10-23(17-22)35-14-11-27(3)4/h8-10,15-17H,11-14,18-19H2,1-7H3. The number of hydrogen-bond donors (Lipinski definition) is 0. The predicted molar refractivity (Wildman–Crippen MR) is 140 cm³/mol. The molecule has 0 aliphatic carbocycles. The topological polar surface area (TPSA) is 88.6 Å². The molecule has 1 amide bonds. The largest absolute Gasteiger partial charge is 0.497 e. The van der Waals surface area contributed by atoms with Crippen LogP contribution in [0.5, 0.6) is 11.5 Å². The maximum Gasteiger partial charge on any atom is 0.248 e. The third-order valence-corrected chi connectivity index (χ3v) is 7.83. The van der Waals surface area contributed by atoms with Crippen molar-refractivity contribution >= 4 is 15.9 Å². The van der Waals surface area contributed by atoms with E-state index < -0.39 is 10.0 Å². The van der Waals surface area contributed by atoms with Crippen molar-refractivity contribution in [2.45, 2.75) is 25.3 Å². The highest BCUT2D eigenvalue weighted by atomic mass is 32.2. The Bertz CT molecular complexity index is 1100. The Balaban J connectivity index is 1.84. The molecule has 0 radical (unpaired) electrons. The summed E-state index contributed by atoms with van der Waals surface area (Å²) >= 11 is 0. The molecule has 0 unspecified atom stereocenters. The summed E-state index contributed by atoms with van der Waals surface area (Å²) < 4.78 is 43.9. The molecule has 10 heteroatoms. The molecule has 0 aliphatic heterocycles. The maximum absolute atomic E-state index is 13.1. The fraction of sp³-hybridized carbons (Fsp3) is 0.500. The van der Waals surface area contributed by atoms with Gasteiger partial charge in [0.15, 0.2) is 0 Å². The lowest BCUT2D eigenvalue weighted by molar-refractivity contribution is -0.135. The van der Waals surface area contributed by atoms with E-state index >= 15 is 0 Å². The number of amides is 1. The van der Waals surface area contributed by atoms with E-state index in [1.807, 2.05) is 43.3 Å². The van der Waals surface area contributed by atoms with Gasteiger partial charge in [-0.2, -0.15) is 4.31 Å². The van der Waals surface area contributed by atoms with Gasteiger partial charge in [-0.3, -0.25) is 4.79 Å². The molecule has 0 saturated carbocycles. The van der Waals surface area contributed by atoms with Gasteiger partial charge in [-0.1, -0.05) is 12.1 Å². The number of rotatable bonds is 14. The van der Waals surface area contributed by atoms with Gasteiger partial charge in [-0.15, -0.1) is 0 Å². The molecule has 0 aliphatic rings. The monoisotopic (exact) mass is 521 g/mol. The Kier molecular flexibility index (Phi) is 11.2. The average Bonchev–Trinajstić information content (AvgIpc) is 2.80. The van der Waals surface area contributed by atoms with Crippen molar-refractivity contribution < 1.29 is 27.4 Å². The SMILES string of the molecule is COc1cc(C)c(S(=O)(=O)N(C)CCOCC(=O)N(C)Cc2cccc(OCCN(C)C)c2)c(C)c1. The van der Waals surface area contributed by atoms with Crippen LogP contribution in [0.2, 0.25) is 0 Å². The van der Waals surface area contributed by atoms with Crippen LogP contribution in [-0.4, -0.2) is 96.6 Å². The Hall–Kier alpha value is -2.66. The fourth-order valence-electron chi connectivity index (χ4n) is 3.62. The molecule has 36 heavy (non-hydrogen) atoms. The molecule has 0 fully saturated rings. The van der Waals surface area contributed by atoms with Crippen molar-refractivity contribution in [3.63, 3.8) is 0 Å². The third kappa shape index (κ3) is 8.48. The quantitative estimate of drug-likeness (QED) is 0.353. The highest BCUT2D eigenvalue weighted by molar-refractivity contribution is 7.89. The minimum Gasteiger partial charge on any atom is -0.497 e. The van der Waals surface area contributed by atoms with E-state index in [4.69, 9.17) is 14.2 Å². The first-order valence-electron chi connectivity index (χ1n) is 11.8. The summed E-state index contributed by atoms with van der Waals surface area (Å²) in [4.78, 5) is 16.4. The van der Waals surface area contributed by atoms with Gasteiger partial charge in [-0.05, 0) is 68.9 Å². The Labute approximate surface area is 215 Å². The molecule has 9 nitrogen and oxygen atoms in total. The first kappa shape index (κ1) is 29.6. The van der Waals surface area contributed by atoms with Crippen LogP contribution in [0.25, 0.3) is 0 Å². The van der Waals surface area contributed by atoms with Gasteiger partial charge in [0, 0.05) is 33.7 Å². The van der Waals surface area contributed by atoms with E-state index in [1.54, 1.807) is 45.0 Å². The molecule has 0 aromatic heterocycles. The van der Waals surface area contributed by atoms with Crippen LogP contribution in [-0.2, 0) is 26.1 Å². The number of ether oxygens (including phenoxy) is 3. The minimum atomic E-state index is -3.71. The van der Waals surface area contributed by atoms with Crippen LogP contribution in [0.15, 0.2) is 41.3 Å². The van der Waals surface area contributed by atoms with Crippen LogP contribution >= 0.6 is 0 Å². The summed E-state index contributed by atoms with van der Waals surface area (Å²) in [7, 11) is 5.02. The zero-order valence-corrected chi connectivity index (χ0v) is 23.2. The van der Waals surface area contributed by atoms with Crippen molar-refractivity contribution in [2.75, 3.05) is 68.2 Å².